The molecule has 5 aromatic rings. The first kappa shape index (κ1) is 22.4. The van der Waals surface area contributed by atoms with Crippen LogP contribution in [0.5, 0.6) is 0 Å². The van der Waals surface area contributed by atoms with E-state index in [1.54, 1.807) is 30.3 Å². The molecule has 0 radical (unpaired) electrons. The van der Waals surface area contributed by atoms with Crippen LogP contribution < -0.4 is 22.1 Å². The minimum atomic E-state index is -0.278. The summed E-state index contributed by atoms with van der Waals surface area (Å²) in [6.07, 6.45) is 1.47. The summed E-state index contributed by atoms with van der Waals surface area (Å²) in [6.45, 7) is 1.49. The average molecular weight is 453 g/mol. The van der Waals surface area contributed by atoms with Gasteiger partial charge in [0.1, 0.15) is 0 Å². The SMILES string of the molecule is CC(=O)Nc1ccc(N)c2ccccc12.Nc1ccc(NC(=O)c2ccco2)c2ccccc12. The third-order valence-electron chi connectivity index (χ3n) is 5.22. The fourth-order valence-corrected chi connectivity index (χ4v) is 3.64. The van der Waals surface area contributed by atoms with E-state index in [4.69, 9.17) is 15.9 Å². The van der Waals surface area contributed by atoms with Crippen LogP contribution >= 0.6 is 0 Å². The molecule has 0 atom stereocenters. The standard InChI is InChI=1S/C15H12N2O2.C12H12N2O/c16-12-7-8-13(11-5-2-1-4-10(11)12)17-15(18)14-6-3-9-19-14;1-8(15)14-12-7-6-11(13)9-4-2-3-5-10(9)12/h1-9H,16H2,(H,17,18);2-7H,13H2,1H3,(H,14,15). The smallest absolute Gasteiger partial charge is 0.291 e. The van der Waals surface area contributed by atoms with Gasteiger partial charge in [-0.1, -0.05) is 48.5 Å². The summed E-state index contributed by atoms with van der Waals surface area (Å²) in [7, 11) is 0. The number of nitrogens with one attached hydrogen (secondary N) is 2. The number of carbonyl (C=O) groups excluding carboxylic acids is 2. The van der Waals surface area contributed by atoms with E-state index in [0.717, 1.165) is 32.9 Å². The average Bonchev–Trinajstić information content (AvgIpc) is 3.39. The molecule has 7 nitrogen and oxygen atoms in total. The Bertz CT molecular complexity index is 1480. The molecule has 4 aromatic carbocycles. The molecule has 0 spiro atoms. The molecule has 0 fully saturated rings. The molecule has 34 heavy (non-hydrogen) atoms. The monoisotopic (exact) mass is 452 g/mol. The number of carbonyl (C=O) groups is 2. The maximum Gasteiger partial charge on any atom is 0.291 e. The number of nitrogen functional groups attached to an aromatic ring is 2. The van der Waals surface area contributed by atoms with E-state index in [-0.39, 0.29) is 17.6 Å². The molecule has 1 heterocycles. The van der Waals surface area contributed by atoms with Crippen molar-refractivity contribution in [2.45, 2.75) is 6.92 Å². The van der Waals surface area contributed by atoms with Crippen molar-refractivity contribution < 1.29 is 14.0 Å². The van der Waals surface area contributed by atoms with Gasteiger partial charge in [0.15, 0.2) is 5.76 Å². The van der Waals surface area contributed by atoms with Crippen LogP contribution in [-0.2, 0) is 4.79 Å². The van der Waals surface area contributed by atoms with Gasteiger partial charge in [0.25, 0.3) is 5.91 Å². The Labute approximate surface area is 196 Å². The fourth-order valence-electron chi connectivity index (χ4n) is 3.64. The summed E-state index contributed by atoms with van der Waals surface area (Å²) < 4.78 is 5.07. The molecular weight excluding hydrogens is 428 g/mol. The molecule has 0 aliphatic heterocycles. The van der Waals surface area contributed by atoms with Gasteiger partial charge in [-0.25, -0.2) is 0 Å². The third-order valence-corrected chi connectivity index (χ3v) is 5.22. The lowest BCUT2D eigenvalue weighted by Crippen LogP contribution is -2.11. The van der Waals surface area contributed by atoms with Crippen LogP contribution in [-0.4, -0.2) is 11.8 Å². The van der Waals surface area contributed by atoms with E-state index in [0.29, 0.717) is 11.4 Å². The second kappa shape index (κ2) is 9.79. The van der Waals surface area contributed by atoms with Crippen LogP contribution in [0.3, 0.4) is 0 Å². The largest absolute Gasteiger partial charge is 0.459 e. The van der Waals surface area contributed by atoms with Crippen LogP contribution in [0.4, 0.5) is 22.7 Å². The Morgan fingerprint density at radius 1 is 0.647 bits per heavy atom. The summed E-state index contributed by atoms with van der Waals surface area (Å²) in [5.41, 5.74) is 14.7. The van der Waals surface area contributed by atoms with E-state index in [9.17, 15) is 9.59 Å². The number of rotatable bonds is 3. The highest BCUT2D eigenvalue weighted by Gasteiger charge is 2.11. The molecule has 7 heteroatoms. The summed E-state index contributed by atoms with van der Waals surface area (Å²) in [4.78, 5) is 23.0. The Morgan fingerprint density at radius 2 is 1.15 bits per heavy atom. The van der Waals surface area contributed by atoms with Crippen molar-refractivity contribution in [2.24, 2.45) is 0 Å². The normalized spacial score (nSPS) is 10.4. The van der Waals surface area contributed by atoms with E-state index in [2.05, 4.69) is 10.6 Å². The molecule has 1 aromatic heterocycles. The molecule has 5 rings (SSSR count). The number of hydrogen-bond acceptors (Lipinski definition) is 5. The molecule has 0 saturated carbocycles. The quantitative estimate of drug-likeness (QED) is 0.264. The first-order valence-corrected chi connectivity index (χ1v) is 10.6. The number of furan rings is 1. The van der Waals surface area contributed by atoms with E-state index < -0.39 is 0 Å². The van der Waals surface area contributed by atoms with Crippen molar-refractivity contribution in [2.75, 3.05) is 22.1 Å². The number of hydrogen-bond donors (Lipinski definition) is 4. The Balaban J connectivity index is 0.000000166. The highest BCUT2D eigenvalue weighted by molar-refractivity contribution is 6.10. The third kappa shape index (κ3) is 4.83. The summed E-state index contributed by atoms with van der Waals surface area (Å²) in [5, 5.41) is 9.36. The molecule has 0 unspecified atom stereocenters. The van der Waals surface area contributed by atoms with Gasteiger partial charge in [-0.05, 0) is 36.4 Å². The highest BCUT2D eigenvalue weighted by Crippen LogP contribution is 2.29. The Morgan fingerprint density at radius 3 is 1.62 bits per heavy atom. The number of anilines is 4. The molecule has 0 aliphatic carbocycles. The van der Waals surface area contributed by atoms with Gasteiger partial charge in [-0.15, -0.1) is 0 Å². The molecule has 0 bridgehead atoms. The predicted molar refractivity (Wildman–Crippen MR) is 138 cm³/mol. The van der Waals surface area contributed by atoms with Gasteiger partial charge < -0.3 is 26.5 Å². The number of fused-ring (bicyclic) bond motifs is 2. The van der Waals surface area contributed by atoms with Crippen LogP contribution in [0.2, 0.25) is 0 Å². The van der Waals surface area contributed by atoms with Gasteiger partial charge in [-0.2, -0.15) is 0 Å². The molecular formula is C27H24N4O3. The fraction of sp³-hybridized carbons (Fsp3) is 0.0370. The zero-order chi connectivity index (χ0) is 24.1. The maximum absolute atomic E-state index is 12.0. The van der Waals surface area contributed by atoms with Crippen LogP contribution in [0.25, 0.3) is 21.5 Å². The second-order valence-corrected chi connectivity index (χ2v) is 7.61. The number of amides is 2. The van der Waals surface area contributed by atoms with Crippen molar-refractivity contribution >= 4 is 56.1 Å². The van der Waals surface area contributed by atoms with Crippen molar-refractivity contribution in [1.29, 1.82) is 0 Å². The van der Waals surface area contributed by atoms with Gasteiger partial charge in [0.05, 0.1) is 6.26 Å². The van der Waals surface area contributed by atoms with Crippen molar-refractivity contribution in [3.8, 4) is 0 Å². The summed E-state index contributed by atoms with van der Waals surface area (Å²) >= 11 is 0. The zero-order valence-electron chi connectivity index (χ0n) is 18.5. The van der Waals surface area contributed by atoms with Crippen LogP contribution in [0, 0.1) is 0 Å². The highest BCUT2D eigenvalue weighted by atomic mass is 16.3. The predicted octanol–water partition coefficient (Wildman–Crippen LogP) is 5.65. The minimum Gasteiger partial charge on any atom is -0.459 e. The Hall–Kier alpha value is -4.78. The lowest BCUT2D eigenvalue weighted by molar-refractivity contribution is -0.114. The lowest BCUT2D eigenvalue weighted by atomic mass is 10.1. The van der Waals surface area contributed by atoms with Crippen molar-refractivity contribution in [3.05, 3.63) is 97.0 Å². The van der Waals surface area contributed by atoms with E-state index in [1.807, 2.05) is 54.6 Å². The minimum absolute atomic E-state index is 0.0788. The van der Waals surface area contributed by atoms with Gasteiger partial charge >= 0.3 is 0 Å². The summed E-state index contributed by atoms with van der Waals surface area (Å²) in [5.74, 6) is -0.0780. The molecule has 0 saturated heterocycles. The molecule has 170 valence electrons. The molecule has 2 amide bonds. The van der Waals surface area contributed by atoms with Gasteiger partial charge in [0.2, 0.25) is 5.91 Å². The maximum atomic E-state index is 12.0. The van der Waals surface area contributed by atoms with Crippen LogP contribution in [0.15, 0.2) is 95.6 Å². The van der Waals surface area contributed by atoms with Gasteiger partial charge in [0, 0.05) is 51.2 Å². The number of nitrogens with two attached hydrogens (primary N) is 2. The first-order valence-electron chi connectivity index (χ1n) is 10.6. The van der Waals surface area contributed by atoms with E-state index >= 15 is 0 Å². The first-order chi connectivity index (χ1) is 16.4. The topological polar surface area (TPSA) is 123 Å². The second-order valence-electron chi connectivity index (χ2n) is 7.61. The van der Waals surface area contributed by atoms with Crippen molar-refractivity contribution in [1.82, 2.24) is 0 Å². The number of benzene rings is 4. The van der Waals surface area contributed by atoms with Crippen molar-refractivity contribution in [3.63, 3.8) is 0 Å². The molecule has 6 N–H and O–H groups in total. The lowest BCUT2D eigenvalue weighted by Gasteiger charge is -2.09. The van der Waals surface area contributed by atoms with Crippen LogP contribution in [0.1, 0.15) is 17.5 Å². The summed E-state index contributed by atoms with van der Waals surface area (Å²) in [6, 6.07) is 25.9. The van der Waals surface area contributed by atoms with Gasteiger partial charge in [-0.3, -0.25) is 9.59 Å². The zero-order valence-corrected chi connectivity index (χ0v) is 18.5. The molecule has 0 aliphatic rings. The Kier molecular flexibility index (Phi) is 6.45. The van der Waals surface area contributed by atoms with E-state index in [1.165, 1.54) is 13.2 Å².